The minimum Gasteiger partial charge on any atom is -0.495 e. The largest absolute Gasteiger partial charge is 0.495 e. The van der Waals surface area contributed by atoms with Crippen LogP contribution in [0.1, 0.15) is 32.6 Å². The molecule has 0 atom stereocenters. The topological polar surface area (TPSA) is 26.3 Å². The van der Waals surface area contributed by atoms with Crippen LogP contribution in [0.3, 0.4) is 0 Å². The molecule has 0 amide bonds. The number of carbonyl (C=O) groups is 1. The Balaban J connectivity index is 2.49. The summed E-state index contributed by atoms with van der Waals surface area (Å²) in [6.45, 7) is 5.94. The number of rotatable bonds is 3. The highest BCUT2D eigenvalue weighted by atomic mass is 35.5. The van der Waals surface area contributed by atoms with Crippen molar-refractivity contribution in [3.63, 3.8) is 0 Å². The van der Waals surface area contributed by atoms with Crippen molar-refractivity contribution in [2.24, 2.45) is 0 Å². The summed E-state index contributed by atoms with van der Waals surface area (Å²) >= 11 is 6.09. The molecule has 0 radical (unpaired) electrons. The molecule has 2 rings (SSSR count). The molecule has 20 heavy (non-hydrogen) atoms. The average molecular weight is 289 g/mol. The second kappa shape index (κ2) is 5.68. The summed E-state index contributed by atoms with van der Waals surface area (Å²) < 4.78 is 5.11. The van der Waals surface area contributed by atoms with Crippen molar-refractivity contribution < 1.29 is 9.53 Å². The van der Waals surface area contributed by atoms with Gasteiger partial charge in [-0.2, -0.15) is 0 Å². The minimum absolute atomic E-state index is 0.00967. The maximum atomic E-state index is 12.7. The maximum absolute atomic E-state index is 12.7. The van der Waals surface area contributed by atoms with Crippen LogP contribution in [0, 0.1) is 20.8 Å². The molecule has 2 nitrogen and oxygen atoms in total. The lowest BCUT2D eigenvalue weighted by Crippen LogP contribution is -2.07. The predicted octanol–water partition coefficient (Wildman–Crippen LogP) is 4.50. The Hall–Kier alpha value is -1.80. The van der Waals surface area contributed by atoms with E-state index in [1.165, 1.54) is 0 Å². The monoisotopic (exact) mass is 288 g/mol. The van der Waals surface area contributed by atoms with Crippen molar-refractivity contribution >= 4 is 17.4 Å². The smallest absolute Gasteiger partial charge is 0.193 e. The number of benzene rings is 2. The number of aryl methyl sites for hydroxylation is 3. The van der Waals surface area contributed by atoms with Crippen LogP contribution < -0.4 is 4.74 Å². The first-order valence-electron chi connectivity index (χ1n) is 6.40. The summed E-state index contributed by atoms with van der Waals surface area (Å²) in [5.74, 6) is 0.560. The van der Waals surface area contributed by atoms with Crippen LogP contribution in [0.5, 0.6) is 5.75 Å². The summed E-state index contributed by atoms with van der Waals surface area (Å²) in [5, 5.41) is 0.445. The standard InChI is InChI=1S/C17H17ClO2/c1-10-7-11(2)16(12(3)8-10)17(19)13-5-6-15(20-4)14(18)9-13/h5-9H,1-4H3. The van der Waals surface area contributed by atoms with E-state index in [0.29, 0.717) is 16.3 Å². The minimum atomic E-state index is -0.00967. The van der Waals surface area contributed by atoms with Gasteiger partial charge in [-0.15, -0.1) is 0 Å². The van der Waals surface area contributed by atoms with E-state index in [2.05, 4.69) is 0 Å². The lowest BCUT2D eigenvalue weighted by Gasteiger charge is -2.11. The first kappa shape index (κ1) is 14.6. The molecule has 104 valence electrons. The van der Waals surface area contributed by atoms with Crippen molar-refractivity contribution in [2.45, 2.75) is 20.8 Å². The normalized spacial score (nSPS) is 10.4. The quantitative estimate of drug-likeness (QED) is 0.777. The van der Waals surface area contributed by atoms with Crippen molar-refractivity contribution in [2.75, 3.05) is 7.11 Å². The average Bonchev–Trinajstić information content (AvgIpc) is 2.37. The Morgan fingerprint density at radius 3 is 2.15 bits per heavy atom. The molecule has 0 aliphatic rings. The Kier molecular flexibility index (Phi) is 4.15. The first-order chi connectivity index (χ1) is 9.43. The van der Waals surface area contributed by atoms with Crippen LogP contribution in [0.15, 0.2) is 30.3 Å². The summed E-state index contributed by atoms with van der Waals surface area (Å²) in [7, 11) is 1.55. The van der Waals surface area contributed by atoms with Gasteiger partial charge in [0.1, 0.15) is 5.75 Å². The fourth-order valence-corrected chi connectivity index (χ4v) is 2.75. The van der Waals surface area contributed by atoms with Gasteiger partial charge in [0, 0.05) is 11.1 Å². The van der Waals surface area contributed by atoms with Gasteiger partial charge in [-0.3, -0.25) is 4.79 Å². The molecular formula is C17H17ClO2. The van der Waals surface area contributed by atoms with Gasteiger partial charge in [-0.05, 0) is 50.1 Å². The molecule has 0 saturated carbocycles. The molecule has 2 aromatic rings. The zero-order valence-electron chi connectivity index (χ0n) is 12.1. The molecule has 2 aromatic carbocycles. The van der Waals surface area contributed by atoms with Gasteiger partial charge in [0.05, 0.1) is 12.1 Å². The molecule has 3 heteroatoms. The molecule has 0 aromatic heterocycles. The lowest BCUT2D eigenvalue weighted by molar-refractivity contribution is 0.103. The van der Waals surface area contributed by atoms with Crippen molar-refractivity contribution in [3.05, 3.63) is 63.2 Å². The summed E-state index contributed by atoms with van der Waals surface area (Å²) in [6, 6.07) is 9.15. The number of hydrogen-bond acceptors (Lipinski definition) is 2. The molecule has 0 N–H and O–H groups in total. The van der Waals surface area contributed by atoms with Crippen LogP contribution in [-0.2, 0) is 0 Å². The van der Waals surface area contributed by atoms with E-state index in [9.17, 15) is 4.79 Å². The Morgan fingerprint density at radius 2 is 1.65 bits per heavy atom. The highest BCUT2D eigenvalue weighted by Gasteiger charge is 2.16. The number of methoxy groups -OCH3 is 1. The maximum Gasteiger partial charge on any atom is 0.193 e. The van der Waals surface area contributed by atoms with Gasteiger partial charge < -0.3 is 4.74 Å². The van der Waals surface area contributed by atoms with Crippen molar-refractivity contribution in [3.8, 4) is 5.75 Å². The third-order valence-electron chi connectivity index (χ3n) is 3.32. The molecule has 0 spiro atoms. The number of ketones is 1. The lowest BCUT2D eigenvalue weighted by atomic mass is 9.93. The SMILES string of the molecule is COc1ccc(C(=O)c2c(C)cc(C)cc2C)cc1Cl. The van der Waals surface area contributed by atoms with Gasteiger partial charge in [0.15, 0.2) is 5.78 Å². The molecule has 0 unspecified atom stereocenters. The van der Waals surface area contributed by atoms with E-state index in [1.807, 2.05) is 32.9 Å². The predicted molar refractivity (Wildman–Crippen MR) is 82.1 cm³/mol. The number of hydrogen-bond donors (Lipinski definition) is 0. The number of halogens is 1. The summed E-state index contributed by atoms with van der Waals surface area (Å²) in [4.78, 5) is 12.7. The zero-order valence-corrected chi connectivity index (χ0v) is 12.8. The molecule has 0 bridgehead atoms. The second-order valence-corrected chi connectivity index (χ2v) is 5.36. The van der Waals surface area contributed by atoms with Gasteiger partial charge in [-0.1, -0.05) is 29.3 Å². The fraction of sp³-hybridized carbons (Fsp3) is 0.235. The second-order valence-electron chi connectivity index (χ2n) is 4.95. The number of carbonyl (C=O) groups excluding carboxylic acids is 1. The molecule has 0 heterocycles. The third kappa shape index (κ3) is 2.70. The van der Waals surface area contributed by atoms with Gasteiger partial charge in [0.25, 0.3) is 0 Å². The number of ether oxygens (including phenoxy) is 1. The van der Waals surface area contributed by atoms with E-state index in [4.69, 9.17) is 16.3 Å². The fourth-order valence-electron chi connectivity index (χ4n) is 2.49. The van der Waals surface area contributed by atoms with E-state index in [0.717, 1.165) is 22.3 Å². The van der Waals surface area contributed by atoms with Crippen LogP contribution in [-0.4, -0.2) is 12.9 Å². The van der Waals surface area contributed by atoms with E-state index >= 15 is 0 Å². The summed E-state index contributed by atoms with van der Waals surface area (Å²) in [6.07, 6.45) is 0. The molecule has 0 aliphatic heterocycles. The Bertz CT molecular complexity index is 652. The summed E-state index contributed by atoms with van der Waals surface area (Å²) in [5.41, 5.74) is 4.45. The van der Waals surface area contributed by atoms with E-state index in [-0.39, 0.29) is 5.78 Å². The van der Waals surface area contributed by atoms with Crippen molar-refractivity contribution in [1.29, 1.82) is 0 Å². The first-order valence-corrected chi connectivity index (χ1v) is 6.78. The highest BCUT2D eigenvalue weighted by Crippen LogP contribution is 2.27. The Morgan fingerprint density at radius 1 is 1.05 bits per heavy atom. The van der Waals surface area contributed by atoms with E-state index in [1.54, 1.807) is 25.3 Å². The molecule has 0 fully saturated rings. The van der Waals surface area contributed by atoms with Gasteiger partial charge >= 0.3 is 0 Å². The van der Waals surface area contributed by atoms with E-state index < -0.39 is 0 Å². The third-order valence-corrected chi connectivity index (χ3v) is 3.61. The molecular weight excluding hydrogens is 272 g/mol. The van der Waals surface area contributed by atoms with Gasteiger partial charge in [0.2, 0.25) is 0 Å². The molecule has 0 aliphatic carbocycles. The van der Waals surface area contributed by atoms with Crippen LogP contribution >= 0.6 is 11.6 Å². The van der Waals surface area contributed by atoms with Crippen molar-refractivity contribution in [1.82, 2.24) is 0 Å². The van der Waals surface area contributed by atoms with Crippen LogP contribution in [0.2, 0.25) is 5.02 Å². The van der Waals surface area contributed by atoms with Crippen LogP contribution in [0.25, 0.3) is 0 Å². The molecule has 0 saturated heterocycles. The van der Waals surface area contributed by atoms with Gasteiger partial charge in [-0.25, -0.2) is 0 Å². The Labute approximate surface area is 124 Å². The zero-order chi connectivity index (χ0) is 14.9. The van der Waals surface area contributed by atoms with Crippen LogP contribution in [0.4, 0.5) is 0 Å². The highest BCUT2D eigenvalue weighted by molar-refractivity contribution is 6.32.